The van der Waals surface area contributed by atoms with E-state index in [4.69, 9.17) is 9.52 Å². The molecule has 0 aliphatic carbocycles. The van der Waals surface area contributed by atoms with E-state index in [1.807, 2.05) is 6.07 Å². The lowest BCUT2D eigenvalue weighted by Crippen LogP contribution is -2.36. The first-order valence-corrected chi connectivity index (χ1v) is 9.87. The molecule has 1 heterocycles. The molecule has 0 atom stereocenters. The molecular formula is C19H28N4OS. The molecule has 2 N–H and O–H groups in total. The fraction of sp³-hybridized carbons (Fsp3) is 0.474. The van der Waals surface area contributed by atoms with E-state index < -0.39 is 0 Å². The summed E-state index contributed by atoms with van der Waals surface area (Å²) in [5, 5.41) is 10.7. The molecule has 25 heavy (non-hydrogen) atoms. The summed E-state index contributed by atoms with van der Waals surface area (Å²) >= 11 is 1.76. The van der Waals surface area contributed by atoms with Crippen molar-refractivity contribution >= 4 is 17.7 Å². The van der Waals surface area contributed by atoms with Crippen LogP contribution < -0.4 is 10.6 Å². The Morgan fingerprint density at radius 3 is 2.72 bits per heavy atom. The van der Waals surface area contributed by atoms with Crippen LogP contribution in [0.3, 0.4) is 0 Å². The first kappa shape index (κ1) is 19.4. The SMILES string of the molecule is CCNC(=NCc1ccc(C)cc1SC)NCc1cc(C(C)C)no1. The summed E-state index contributed by atoms with van der Waals surface area (Å²) in [6.45, 7) is 10.4. The largest absolute Gasteiger partial charge is 0.359 e. The predicted octanol–water partition coefficient (Wildman–Crippen LogP) is 4.08. The molecule has 0 unspecified atom stereocenters. The Labute approximate surface area is 154 Å². The number of nitrogens with one attached hydrogen (secondary N) is 2. The number of aromatic nitrogens is 1. The summed E-state index contributed by atoms with van der Waals surface area (Å²) in [4.78, 5) is 5.97. The van der Waals surface area contributed by atoms with Crippen molar-refractivity contribution in [3.8, 4) is 0 Å². The van der Waals surface area contributed by atoms with Gasteiger partial charge in [0.25, 0.3) is 0 Å². The Kier molecular flexibility index (Phi) is 7.37. The number of rotatable bonds is 7. The molecule has 0 saturated heterocycles. The highest BCUT2D eigenvalue weighted by Crippen LogP contribution is 2.22. The lowest BCUT2D eigenvalue weighted by Gasteiger charge is -2.11. The second-order valence-corrected chi connectivity index (χ2v) is 7.08. The third-order valence-corrected chi connectivity index (χ3v) is 4.61. The highest BCUT2D eigenvalue weighted by atomic mass is 32.2. The van der Waals surface area contributed by atoms with E-state index in [1.165, 1.54) is 16.0 Å². The zero-order valence-corrected chi connectivity index (χ0v) is 16.5. The normalized spacial score (nSPS) is 11.8. The lowest BCUT2D eigenvalue weighted by molar-refractivity contribution is 0.372. The Morgan fingerprint density at radius 1 is 1.28 bits per heavy atom. The predicted molar refractivity (Wildman–Crippen MR) is 105 cm³/mol. The fourth-order valence-corrected chi connectivity index (χ4v) is 3.04. The van der Waals surface area contributed by atoms with Crippen LogP contribution >= 0.6 is 11.8 Å². The molecule has 0 radical (unpaired) electrons. The number of nitrogens with zero attached hydrogens (tertiary/aromatic N) is 2. The van der Waals surface area contributed by atoms with Gasteiger partial charge < -0.3 is 15.2 Å². The molecule has 5 nitrogen and oxygen atoms in total. The van der Waals surface area contributed by atoms with Gasteiger partial charge in [0.15, 0.2) is 11.7 Å². The van der Waals surface area contributed by atoms with Gasteiger partial charge in [-0.25, -0.2) is 4.99 Å². The van der Waals surface area contributed by atoms with Gasteiger partial charge in [-0.15, -0.1) is 11.8 Å². The highest BCUT2D eigenvalue weighted by Gasteiger charge is 2.08. The van der Waals surface area contributed by atoms with Crippen molar-refractivity contribution < 1.29 is 4.52 Å². The topological polar surface area (TPSA) is 62.5 Å². The Hall–Kier alpha value is -1.95. The van der Waals surface area contributed by atoms with Gasteiger partial charge >= 0.3 is 0 Å². The van der Waals surface area contributed by atoms with E-state index in [9.17, 15) is 0 Å². The molecule has 0 amide bonds. The number of aryl methyl sites for hydroxylation is 1. The van der Waals surface area contributed by atoms with Crippen molar-refractivity contribution in [2.45, 2.75) is 51.6 Å². The molecule has 1 aromatic carbocycles. The Bertz CT molecular complexity index is 709. The highest BCUT2D eigenvalue weighted by molar-refractivity contribution is 7.98. The van der Waals surface area contributed by atoms with Gasteiger partial charge in [0.05, 0.1) is 18.8 Å². The van der Waals surface area contributed by atoms with E-state index in [-0.39, 0.29) is 0 Å². The van der Waals surface area contributed by atoms with Crippen LogP contribution in [0.1, 0.15) is 49.3 Å². The first-order chi connectivity index (χ1) is 12.0. The van der Waals surface area contributed by atoms with Crippen LogP contribution in [0.15, 0.2) is 38.7 Å². The van der Waals surface area contributed by atoms with Crippen LogP contribution in [-0.2, 0) is 13.1 Å². The van der Waals surface area contributed by atoms with Crippen molar-refractivity contribution in [2.75, 3.05) is 12.8 Å². The van der Waals surface area contributed by atoms with Crippen LogP contribution in [0.5, 0.6) is 0 Å². The number of thioether (sulfide) groups is 1. The maximum absolute atomic E-state index is 5.37. The molecule has 0 saturated carbocycles. The second-order valence-electron chi connectivity index (χ2n) is 6.24. The summed E-state index contributed by atoms with van der Waals surface area (Å²) in [6.07, 6.45) is 2.10. The molecule has 0 aliphatic heterocycles. The average molecular weight is 361 g/mol. The minimum Gasteiger partial charge on any atom is -0.359 e. The van der Waals surface area contributed by atoms with E-state index in [1.54, 1.807) is 11.8 Å². The van der Waals surface area contributed by atoms with E-state index >= 15 is 0 Å². The van der Waals surface area contributed by atoms with Crippen molar-refractivity contribution in [3.05, 3.63) is 46.8 Å². The van der Waals surface area contributed by atoms with Gasteiger partial charge in [0.1, 0.15) is 0 Å². The maximum atomic E-state index is 5.37. The fourth-order valence-electron chi connectivity index (χ4n) is 2.34. The van der Waals surface area contributed by atoms with Crippen LogP contribution in [0, 0.1) is 6.92 Å². The first-order valence-electron chi connectivity index (χ1n) is 8.64. The minimum absolute atomic E-state index is 0.367. The van der Waals surface area contributed by atoms with Crippen molar-refractivity contribution in [2.24, 2.45) is 4.99 Å². The van der Waals surface area contributed by atoms with Gasteiger partial charge in [0.2, 0.25) is 0 Å². The number of guanidine groups is 1. The molecular weight excluding hydrogens is 332 g/mol. The average Bonchev–Trinajstić information content (AvgIpc) is 3.07. The van der Waals surface area contributed by atoms with Crippen LogP contribution in [0.25, 0.3) is 0 Å². The second kappa shape index (κ2) is 9.51. The van der Waals surface area contributed by atoms with Gasteiger partial charge in [0, 0.05) is 17.5 Å². The monoisotopic (exact) mass is 360 g/mol. The van der Waals surface area contributed by atoms with Crippen molar-refractivity contribution in [1.82, 2.24) is 15.8 Å². The molecule has 0 bridgehead atoms. The molecule has 2 aromatic rings. The van der Waals surface area contributed by atoms with E-state index in [0.29, 0.717) is 19.0 Å². The number of aliphatic imine (C=N–C) groups is 1. The van der Waals surface area contributed by atoms with Crippen LogP contribution in [0.2, 0.25) is 0 Å². The van der Waals surface area contributed by atoms with Crippen molar-refractivity contribution in [3.63, 3.8) is 0 Å². The van der Waals surface area contributed by atoms with Crippen LogP contribution in [0.4, 0.5) is 0 Å². The zero-order valence-electron chi connectivity index (χ0n) is 15.7. The molecule has 0 aliphatic rings. The smallest absolute Gasteiger partial charge is 0.191 e. The van der Waals surface area contributed by atoms with Gasteiger partial charge in [-0.1, -0.05) is 31.1 Å². The van der Waals surface area contributed by atoms with Crippen LogP contribution in [-0.4, -0.2) is 23.9 Å². The Morgan fingerprint density at radius 2 is 2.08 bits per heavy atom. The zero-order chi connectivity index (χ0) is 18.2. The summed E-state index contributed by atoms with van der Waals surface area (Å²) in [5.74, 6) is 1.96. The number of hydrogen-bond donors (Lipinski definition) is 2. The van der Waals surface area contributed by atoms with Gasteiger partial charge in [-0.2, -0.15) is 0 Å². The maximum Gasteiger partial charge on any atom is 0.191 e. The van der Waals surface area contributed by atoms with Gasteiger partial charge in [-0.3, -0.25) is 0 Å². The standard InChI is InChI=1S/C19H28N4OS/c1-6-20-19(22-12-16-10-17(13(2)3)23-24-16)21-11-15-8-7-14(4)9-18(15)25-5/h7-10,13H,6,11-12H2,1-5H3,(H2,20,21,22). The molecule has 6 heteroatoms. The van der Waals surface area contributed by atoms with Crippen molar-refractivity contribution in [1.29, 1.82) is 0 Å². The Balaban J connectivity index is 2.02. The lowest BCUT2D eigenvalue weighted by atomic mass is 10.1. The summed E-state index contributed by atoms with van der Waals surface area (Å²) < 4.78 is 5.37. The quantitative estimate of drug-likeness (QED) is 0.442. The van der Waals surface area contributed by atoms with Gasteiger partial charge in [-0.05, 0) is 43.2 Å². The summed E-state index contributed by atoms with van der Waals surface area (Å²) in [7, 11) is 0. The number of hydrogen-bond acceptors (Lipinski definition) is 4. The van der Waals surface area contributed by atoms with E-state index in [2.05, 4.69) is 67.9 Å². The van der Waals surface area contributed by atoms with E-state index in [0.717, 1.165) is 24.0 Å². The molecule has 0 fully saturated rings. The molecule has 0 spiro atoms. The molecule has 1 aromatic heterocycles. The molecule has 2 rings (SSSR count). The third kappa shape index (κ3) is 5.81. The minimum atomic E-state index is 0.367. The number of benzene rings is 1. The summed E-state index contributed by atoms with van der Waals surface area (Å²) in [6, 6.07) is 8.48. The summed E-state index contributed by atoms with van der Waals surface area (Å²) in [5.41, 5.74) is 3.48. The molecule has 136 valence electrons. The third-order valence-electron chi connectivity index (χ3n) is 3.79.